The second kappa shape index (κ2) is 10.3. The third-order valence-corrected chi connectivity index (χ3v) is 6.25. The number of hydrogen-bond donors (Lipinski definition) is 1. The minimum Gasteiger partial charge on any atom is -0.487 e. The lowest BCUT2D eigenvalue weighted by atomic mass is 10.00. The van der Waals surface area contributed by atoms with Crippen molar-refractivity contribution < 1.29 is 14.3 Å². The van der Waals surface area contributed by atoms with Crippen LogP contribution in [-0.2, 0) is 22.6 Å². The van der Waals surface area contributed by atoms with Crippen LogP contribution in [-0.4, -0.2) is 32.3 Å². The summed E-state index contributed by atoms with van der Waals surface area (Å²) < 4.78 is 13.3. The van der Waals surface area contributed by atoms with E-state index in [1.165, 1.54) is 0 Å². The van der Waals surface area contributed by atoms with Crippen LogP contribution >= 0.6 is 0 Å². The van der Waals surface area contributed by atoms with E-state index in [0.29, 0.717) is 23.7 Å². The van der Waals surface area contributed by atoms with E-state index in [9.17, 15) is 4.79 Å². The Bertz CT molecular complexity index is 1590. The Kier molecular flexibility index (Phi) is 6.72. The Balaban J connectivity index is 1.53. The molecule has 8 heteroatoms. The second-order valence-corrected chi connectivity index (χ2v) is 9.05. The van der Waals surface area contributed by atoms with Gasteiger partial charge < -0.3 is 15.2 Å². The number of anilines is 1. The zero-order valence-corrected chi connectivity index (χ0v) is 21.1. The maximum atomic E-state index is 12.1. The van der Waals surface area contributed by atoms with Gasteiger partial charge in [-0.25, -0.2) is 4.98 Å². The normalized spacial score (nSPS) is 11.4. The maximum absolute atomic E-state index is 12.1. The molecule has 37 heavy (non-hydrogen) atoms. The van der Waals surface area contributed by atoms with Crippen LogP contribution in [0.25, 0.3) is 32.9 Å². The summed E-state index contributed by atoms with van der Waals surface area (Å²) in [5.41, 5.74) is 11.4. The summed E-state index contributed by atoms with van der Waals surface area (Å²) in [5, 5.41) is 6.83. The number of pyridine rings is 2. The number of esters is 1. The smallest absolute Gasteiger partial charge is 0.310 e. The van der Waals surface area contributed by atoms with Gasteiger partial charge in [0.05, 0.1) is 18.5 Å². The van der Waals surface area contributed by atoms with Gasteiger partial charge in [-0.15, -0.1) is 0 Å². The van der Waals surface area contributed by atoms with Gasteiger partial charge in [0.1, 0.15) is 29.4 Å². The number of carbonyl (C=O) groups excluding carboxylic acids is 1. The van der Waals surface area contributed by atoms with Crippen molar-refractivity contribution in [3.8, 4) is 16.9 Å². The Hall–Kier alpha value is -4.46. The van der Waals surface area contributed by atoms with Crippen molar-refractivity contribution in [2.45, 2.75) is 39.8 Å². The van der Waals surface area contributed by atoms with Crippen molar-refractivity contribution in [2.75, 3.05) is 12.3 Å². The van der Waals surface area contributed by atoms with Gasteiger partial charge in [-0.2, -0.15) is 5.10 Å². The standard InChI is InChI=1S/C29H29N5O3/c1-4-36-27(35)16-20-7-5-6-8-26(20)37-17-24-23-15-19(9-10-25(23)34(33-24)18(2)3)21-11-13-31-28-22(21)12-14-32-29(28)30/h5-15,18H,4,16-17H2,1-3H3,(H2,30,32). The van der Waals surface area contributed by atoms with Gasteiger partial charge in [0.25, 0.3) is 0 Å². The zero-order chi connectivity index (χ0) is 25.9. The lowest BCUT2D eigenvalue weighted by Crippen LogP contribution is -2.09. The third kappa shape index (κ3) is 4.82. The van der Waals surface area contributed by atoms with Crippen LogP contribution in [0.4, 0.5) is 5.82 Å². The third-order valence-electron chi connectivity index (χ3n) is 6.25. The molecule has 5 rings (SSSR count). The van der Waals surface area contributed by atoms with Gasteiger partial charge in [0.2, 0.25) is 0 Å². The molecule has 2 N–H and O–H groups in total. The molecule has 2 aromatic carbocycles. The van der Waals surface area contributed by atoms with Crippen LogP contribution in [0.1, 0.15) is 38.1 Å². The number of para-hydroxylation sites is 1. The average molecular weight is 496 g/mol. The summed E-state index contributed by atoms with van der Waals surface area (Å²) in [5.74, 6) is 0.767. The molecular formula is C29H29N5O3. The molecule has 0 spiro atoms. The molecule has 0 aliphatic rings. The summed E-state index contributed by atoms with van der Waals surface area (Å²) in [6, 6.07) is 17.9. The maximum Gasteiger partial charge on any atom is 0.310 e. The molecule has 0 fully saturated rings. The van der Waals surface area contributed by atoms with Crippen molar-refractivity contribution in [2.24, 2.45) is 0 Å². The number of aromatic nitrogens is 4. The number of fused-ring (bicyclic) bond motifs is 2. The zero-order valence-electron chi connectivity index (χ0n) is 21.1. The second-order valence-electron chi connectivity index (χ2n) is 9.05. The van der Waals surface area contributed by atoms with Crippen molar-refractivity contribution >= 4 is 33.6 Å². The first-order valence-corrected chi connectivity index (χ1v) is 12.3. The van der Waals surface area contributed by atoms with Crippen molar-refractivity contribution in [1.82, 2.24) is 19.7 Å². The Morgan fingerprint density at radius 1 is 1.03 bits per heavy atom. The molecule has 5 aromatic rings. The fourth-order valence-corrected chi connectivity index (χ4v) is 4.53. The molecule has 188 valence electrons. The van der Waals surface area contributed by atoms with Gasteiger partial charge in [0, 0.05) is 34.8 Å². The highest BCUT2D eigenvalue weighted by molar-refractivity contribution is 6.00. The van der Waals surface area contributed by atoms with E-state index in [2.05, 4.69) is 42.0 Å². The summed E-state index contributed by atoms with van der Waals surface area (Å²) >= 11 is 0. The molecule has 0 bridgehead atoms. The Morgan fingerprint density at radius 3 is 2.65 bits per heavy atom. The van der Waals surface area contributed by atoms with E-state index in [1.807, 2.05) is 41.1 Å². The predicted octanol–water partition coefficient (Wildman–Crippen LogP) is 5.49. The molecular weight excluding hydrogens is 466 g/mol. The van der Waals surface area contributed by atoms with Crippen LogP contribution < -0.4 is 10.5 Å². The summed E-state index contributed by atoms with van der Waals surface area (Å²) in [7, 11) is 0. The lowest BCUT2D eigenvalue weighted by molar-refractivity contribution is -0.142. The number of hydrogen-bond acceptors (Lipinski definition) is 7. The topological polar surface area (TPSA) is 105 Å². The molecule has 8 nitrogen and oxygen atoms in total. The first-order chi connectivity index (χ1) is 18.0. The lowest BCUT2D eigenvalue weighted by Gasteiger charge is -2.11. The number of benzene rings is 2. The number of nitrogens with zero attached hydrogens (tertiary/aromatic N) is 4. The fraction of sp³-hybridized carbons (Fsp3) is 0.241. The van der Waals surface area contributed by atoms with E-state index >= 15 is 0 Å². The largest absolute Gasteiger partial charge is 0.487 e. The van der Waals surface area contributed by atoms with E-state index in [-0.39, 0.29) is 25.0 Å². The molecule has 0 aliphatic heterocycles. The summed E-state index contributed by atoms with van der Waals surface area (Å²) in [6.07, 6.45) is 3.61. The van der Waals surface area contributed by atoms with Gasteiger partial charge in [-0.05, 0) is 62.2 Å². The van der Waals surface area contributed by atoms with Crippen molar-refractivity contribution in [3.05, 3.63) is 78.2 Å². The number of ether oxygens (including phenoxy) is 2. The molecule has 0 atom stereocenters. The SMILES string of the molecule is CCOC(=O)Cc1ccccc1OCc1nn(C(C)C)c2ccc(-c3ccnc4c(N)nccc34)cc12. The molecule has 3 heterocycles. The van der Waals surface area contributed by atoms with Crippen LogP contribution in [0.3, 0.4) is 0 Å². The first-order valence-electron chi connectivity index (χ1n) is 12.3. The molecule has 0 amide bonds. The molecule has 0 saturated carbocycles. The molecule has 0 aliphatic carbocycles. The van der Waals surface area contributed by atoms with E-state index < -0.39 is 0 Å². The fourth-order valence-electron chi connectivity index (χ4n) is 4.53. The van der Waals surface area contributed by atoms with Crippen LogP contribution in [0.5, 0.6) is 5.75 Å². The number of rotatable bonds is 8. The van der Waals surface area contributed by atoms with Gasteiger partial charge >= 0.3 is 5.97 Å². The minimum atomic E-state index is -0.279. The number of nitrogens with two attached hydrogens (primary N) is 1. The highest BCUT2D eigenvalue weighted by Crippen LogP contribution is 2.33. The van der Waals surface area contributed by atoms with Gasteiger partial charge in [0.15, 0.2) is 0 Å². The molecule has 3 aromatic heterocycles. The van der Waals surface area contributed by atoms with Crippen molar-refractivity contribution in [1.29, 1.82) is 0 Å². The first kappa shape index (κ1) is 24.2. The van der Waals surface area contributed by atoms with Gasteiger partial charge in [-0.3, -0.25) is 14.5 Å². The van der Waals surface area contributed by atoms with Crippen molar-refractivity contribution in [3.63, 3.8) is 0 Å². The van der Waals surface area contributed by atoms with Crippen LogP contribution in [0, 0.1) is 0 Å². The quantitative estimate of drug-likeness (QED) is 0.284. The number of nitrogen functional groups attached to an aromatic ring is 1. The molecule has 0 saturated heterocycles. The summed E-state index contributed by atoms with van der Waals surface area (Å²) in [6.45, 7) is 6.61. The van der Waals surface area contributed by atoms with Crippen LogP contribution in [0.15, 0.2) is 67.0 Å². The summed E-state index contributed by atoms with van der Waals surface area (Å²) in [4.78, 5) is 20.7. The van der Waals surface area contributed by atoms with E-state index in [0.717, 1.165) is 38.7 Å². The molecule has 0 radical (unpaired) electrons. The monoisotopic (exact) mass is 495 g/mol. The highest BCUT2D eigenvalue weighted by atomic mass is 16.5. The van der Waals surface area contributed by atoms with Crippen LogP contribution in [0.2, 0.25) is 0 Å². The Morgan fingerprint density at radius 2 is 1.84 bits per heavy atom. The van der Waals surface area contributed by atoms with E-state index in [4.69, 9.17) is 20.3 Å². The highest BCUT2D eigenvalue weighted by Gasteiger charge is 2.17. The van der Waals surface area contributed by atoms with E-state index in [1.54, 1.807) is 19.3 Å². The minimum absolute atomic E-state index is 0.155. The Labute approximate surface area is 215 Å². The average Bonchev–Trinajstić information content (AvgIpc) is 3.26. The predicted molar refractivity (Wildman–Crippen MR) is 144 cm³/mol. The number of carbonyl (C=O) groups is 1. The van der Waals surface area contributed by atoms with Gasteiger partial charge in [-0.1, -0.05) is 24.3 Å². The molecule has 0 unspecified atom stereocenters.